The van der Waals surface area contributed by atoms with E-state index in [9.17, 15) is 5.11 Å². The molecule has 1 nitrogen and oxygen atoms in total. The molecule has 3 saturated carbocycles. The molecule has 4 rings (SSSR count). The van der Waals surface area contributed by atoms with Crippen LogP contribution in [0.3, 0.4) is 0 Å². The molecule has 164 valence electrons. The van der Waals surface area contributed by atoms with E-state index in [1.165, 1.54) is 60.3 Å². The first-order valence-electron chi connectivity index (χ1n) is 12.5. The molecular formula is C27H44OTe. The first-order valence-corrected chi connectivity index (χ1v) is 15.8. The summed E-state index contributed by atoms with van der Waals surface area (Å²) in [6.07, 6.45) is 17.9. The number of allylic oxidation sites excluding steroid dienone is 2. The quantitative estimate of drug-likeness (QED) is 0.220. The molecule has 0 aromatic carbocycles. The van der Waals surface area contributed by atoms with Gasteiger partial charge in [0.25, 0.3) is 0 Å². The first kappa shape index (κ1) is 22.4. The van der Waals surface area contributed by atoms with Crippen LogP contribution in [0.25, 0.3) is 0 Å². The Hall–Kier alpha value is 0.230. The molecule has 3 fully saturated rings. The average Bonchev–Trinajstić information content (AvgIpc) is 3.05. The molecule has 8 atom stereocenters. The number of hydrogen-bond acceptors (Lipinski definition) is 1. The Morgan fingerprint density at radius 3 is 2.83 bits per heavy atom. The zero-order chi connectivity index (χ0) is 20.6. The molecule has 0 aliphatic heterocycles. The van der Waals surface area contributed by atoms with Crippen LogP contribution in [-0.2, 0) is 0 Å². The molecule has 0 aromatic heterocycles. The molecule has 0 unspecified atom stereocenters. The zero-order valence-electron chi connectivity index (χ0n) is 19.2. The number of hydrogen-bond donors (Lipinski definition) is 1. The van der Waals surface area contributed by atoms with Gasteiger partial charge in [0.1, 0.15) is 0 Å². The summed E-state index contributed by atoms with van der Waals surface area (Å²) in [6.45, 7) is 11.7. The Labute approximate surface area is 190 Å². The Morgan fingerprint density at radius 2 is 2.03 bits per heavy atom. The SMILES string of the molecule is C=CC[Te]CCC[C@@H](C)[C@H]1CC[C@H]2[C@@H]3CC=C4C[C@@H](O)CC[C@]4(C)[C@H]3CC[C@]12C. The third-order valence-electron chi connectivity index (χ3n) is 10.0. The monoisotopic (exact) mass is 514 g/mol. The normalized spacial score (nSPS) is 45.0. The van der Waals surface area contributed by atoms with Crippen molar-refractivity contribution in [1.82, 2.24) is 0 Å². The van der Waals surface area contributed by atoms with Crippen molar-refractivity contribution in [2.24, 2.45) is 40.4 Å². The third-order valence-corrected chi connectivity index (χ3v) is 13.0. The molecule has 0 saturated heterocycles. The van der Waals surface area contributed by atoms with Crippen LogP contribution in [-0.4, -0.2) is 32.1 Å². The van der Waals surface area contributed by atoms with Gasteiger partial charge in [-0.25, -0.2) is 0 Å². The zero-order valence-corrected chi connectivity index (χ0v) is 21.5. The van der Waals surface area contributed by atoms with E-state index in [2.05, 4.69) is 39.5 Å². The van der Waals surface area contributed by atoms with Crippen molar-refractivity contribution in [1.29, 1.82) is 0 Å². The Kier molecular flexibility index (Phi) is 6.96. The predicted octanol–water partition coefficient (Wildman–Crippen LogP) is 7.07. The van der Waals surface area contributed by atoms with Gasteiger partial charge in [0.05, 0.1) is 6.10 Å². The van der Waals surface area contributed by atoms with E-state index >= 15 is 0 Å². The summed E-state index contributed by atoms with van der Waals surface area (Å²) in [5.41, 5.74) is 2.60. The van der Waals surface area contributed by atoms with Crippen molar-refractivity contribution in [3.05, 3.63) is 24.3 Å². The maximum absolute atomic E-state index is 10.2. The molecule has 2 heteroatoms. The summed E-state index contributed by atoms with van der Waals surface area (Å²) in [5.74, 6) is 4.61. The molecule has 0 aromatic rings. The molecule has 1 N–H and O–H groups in total. The van der Waals surface area contributed by atoms with Gasteiger partial charge in [-0.2, -0.15) is 0 Å². The van der Waals surface area contributed by atoms with Gasteiger partial charge in [-0.05, 0) is 0 Å². The summed E-state index contributed by atoms with van der Waals surface area (Å²) in [5, 5.41) is 10.2. The molecule has 0 amide bonds. The van der Waals surface area contributed by atoms with E-state index in [1.54, 1.807) is 5.57 Å². The van der Waals surface area contributed by atoms with Crippen molar-refractivity contribution in [2.75, 3.05) is 0 Å². The summed E-state index contributed by atoms with van der Waals surface area (Å²) >= 11 is 0.208. The second-order valence-corrected chi connectivity index (χ2v) is 14.6. The van der Waals surface area contributed by atoms with E-state index in [0.717, 1.165) is 42.4 Å². The molecule has 29 heavy (non-hydrogen) atoms. The van der Waals surface area contributed by atoms with E-state index < -0.39 is 0 Å². The fourth-order valence-corrected chi connectivity index (χ4v) is 10.5. The van der Waals surface area contributed by atoms with Crippen LogP contribution >= 0.6 is 0 Å². The molecule has 4 aliphatic rings. The van der Waals surface area contributed by atoms with Gasteiger partial charge in [-0.1, -0.05) is 0 Å². The van der Waals surface area contributed by atoms with Crippen LogP contribution in [0.1, 0.15) is 85.0 Å². The minimum absolute atomic E-state index is 0.0780. The fourth-order valence-electron chi connectivity index (χ4n) is 8.49. The van der Waals surface area contributed by atoms with Gasteiger partial charge >= 0.3 is 180 Å². The van der Waals surface area contributed by atoms with Crippen LogP contribution in [0.2, 0.25) is 8.94 Å². The molecule has 0 bridgehead atoms. The van der Waals surface area contributed by atoms with Crippen LogP contribution in [0.4, 0.5) is 0 Å². The van der Waals surface area contributed by atoms with Crippen molar-refractivity contribution in [2.45, 2.75) is 100 Å². The van der Waals surface area contributed by atoms with Crippen molar-refractivity contribution in [3.8, 4) is 0 Å². The van der Waals surface area contributed by atoms with Crippen LogP contribution < -0.4 is 0 Å². The van der Waals surface area contributed by atoms with Gasteiger partial charge in [0.2, 0.25) is 0 Å². The fraction of sp³-hybridized carbons (Fsp3) is 0.852. The number of aliphatic hydroxyl groups excluding tert-OH is 1. The van der Waals surface area contributed by atoms with Crippen LogP contribution in [0.15, 0.2) is 24.3 Å². The van der Waals surface area contributed by atoms with Gasteiger partial charge < -0.3 is 5.11 Å². The summed E-state index contributed by atoms with van der Waals surface area (Å²) < 4.78 is 2.83. The third kappa shape index (κ3) is 4.05. The molecule has 4 aliphatic carbocycles. The Morgan fingerprint density at radius 1 is 1.21 bits per heavy atom. The standard InChI is InChI=1S/C27H44OTe/c1-5-16-29-17-6-7-19(2)23-10-11-24-22-9-8-20-18-21(28)12-14-26(20,3)25(22)13-15-27(23,24)4/h5,8,19,21-25,28H,1,6-7,9-18H2,2-4H3/t19-,21+,22+,23-,24+,25+,26+,27-/m1/s1. The predicted molar refractivity (Wildman–Crippen MR) is 125 cm³/mol. The van der Waals surface area contributed by atoms with Gasteiger partial charge in [0, 0.05) is 0 Å². The first-order chi connectivity index (χ1) is 13.9. The molecule has 0 heterocycles. The van der Waals surface area contributed by atoms with E-state index in [4.69, 9.17) is 0 Å². The molecular weight excluding hydrogens is 468 g/mol. The second kappa shape index (κ2) is 9.00. The number of aliphatic hydroxyl groups is 1. The topological polar surface area (TPSA) is 20.2 Å². The average molecular weight is 512 g/mol. The Balaban J connectivity index is 1.44. The van der Waals surface area contributed by atoms with Gasteiger partial charge in [-0.15, -0.1) is 0 Å². The number of fused-ring (bicyclic) bond motifs is 5. The van der Waals surface area contributed by atoms with Crippen molar-refractivity contribution < 1.29 is 5.11 Å². The summed E-state index contributed by atoms with van der Waals surface area (Å²) in [7, 11) is 0. The Bertz CT molecular complexity index is 626. The summed E-state index contributed by atoms with van der Waals surface area (Å²) in [4.78, 5) is 0. The second-order valence-electron chi connectivity index (χ2n) is 11.4. The van der Waals surface area contributed by atoms with Gasteiger partial charge in [-0.3, -0.25) is 0 Å². The number of rotatable bonds is 7. The molecule has 0 spiro atoms. The van der Waals surface area contributed by atoms with E-state index in [-0.39, 0.29) is 27.0 Å². The summed E-state index contributed by atoms with van der Waals surface area (Å²) in [6, 6.07) is 0. The van der Waals surface area contributed by atoms with Crippen LogP contribution in [0, 0.1) is 40.4 Å². The molecule has 0 radical (unpaired) electrons. The van der Waals surface area contributed by atoms with E-state index in [1.807, 2.05) is 0 Å². The van der Waals surface area contributed by atoms with Gasteiger partial charge in [0.15, 0.2) is 0 Å². The van der Waals surface area contributed by atoms with E-state index in [0.29, 0.717) is 10.8 Å². The van der Waals surface area contributed by atoms with Crippen LogP contribution in [0.5, 0.6) is 0 Å². The maximum atomic E-state index is 10.2. The van der Waals surface area contributed by atoms with Crippen molar-refractivity contribution >= 4 is 20.9 Å². The minimum atomic E-state index is -0.0780. The van der Waals surface area contributed by atoms with Crippen molar-refractivity contribution in [3.63, 3.8) is 0 Å².